The normalized spacial score (nSPS) is 32.1. The Hall–Kier alpha value is -1.56. The van der Waals surface area contributed by atoms with Crippen LogP contribution in [0.1, 0.15) is 65.7 Å². The molecular weight excluding hydrogens is 328 g/mol. The minimum atomic E-state index is -0.451. The number of nitrogens with two attached hydrogens (primary N) is 1. The van der Waals surface area contributed by atoms with Crippen molar-refractivity contribution in [2.75, 3.05) is 19.6 Å². The zero-order valence-electron chi connectivity index (χ0n) is 16.5. The molecule has 0 aromatic carbocycles. The van der Waals surface area contributed by atoms with E-state index in [0.29, 0.717) is 5.41 Å². The molecule has 0 saturated heterocycles. The lowest BCUT2D eigenvalue weighted by Crippen LogP contribution is -2.57. The maximum atomic E-state index is 12.2. The van der Waals surface area contributed by atoms with Crippen LogP contribution in [0, 0.1) is 5.41 Å². The van der Waals surface area contributed by atoms with Crippen molar-refractivity contribution >= 4 is 12.3 Å². The van der Waals surface area contributed by atoms with Gasteiger partial charge in [0, 0.05) is 42.7 Å². The number of ether oxygens (including phenoxy) is 1. The first-order valence-corrected chi connectivity index (χ1v) is 9.90. The molecule has 0 unspecified atom stereocenters. The standard InChI is InChI=1S/C20H34N4O2/c1-18(2,3)26-17(25)24-20-8-5-19(6-9-20,7-10-20)14-23-13-15-12-22-11-4-16(15)21/h13,22H,4-12,14,21H2,1-3H3,(H,24,25). The monoisotopic (exact) mass is 362 g/mol. The van der Waals surface area contributed by atoms with E-state index < -0.39 is 5.60 Å². The summed E-state index contributed by atoms with van der Waals surface area (Å²) in [6, 6.07) is 0. The number of fused-ring (bicyclic) bond motifs is 3. The topological polar surface area (TPSA) is 88.7 Å². The minimum absolute atomic E-state index is 0.0754. The lowest BCUT2D eigenvalue weighted by atomic mass is 9.57. The van der Waals surface area contributed by atoms with Gasteiger partial charge in [0.2, 0.25) is 0 Å². The summed E-state index contributed by atoms with van der Waals surface area (Å²) in [4.78, 5) is 16.9. The summed E-state index contributed by atoms with van der Waals surface area (Å²) in [5.41, 5.74) is 7.95. The maximum absolute atomic E-state index is 12.2. The van der Waals surface area contributed by atoms with E-state index in [1.807, 2.05) is 27.0 Å². The summed E-state index contributed by atoms with van der Waals surface area (Å²) < 4.78 is 5.46. The molecule has 6 nitrogen and oxygen atoms in total. The van der Waals surface area contributed by atoms with Crippen LogP contribution in [0.2, 0.25) is 0 Å². The van der Waals surface area contributed by atoms with Crippen molar-refractivity contribution in [1.82, 2.24) is 10.6 Å². The summed E-state index contributed by atoms with van der Waals surface area (Å²) in [6.45, 7) is 8.36. The Morgan fingerprint density at radius 2 is 1.92 bits per heavy atom. The predicted molar refractivity (Wildman–Crippen MR) is 104 cm³/mol. The Balaban J connectivity index is 1.53. The second-order valence-electron chi connectivity index (χ2n) is 9.35. The molecule has 4 N–H and O–H groups in total. The Kier molecular flexibility index (Phi) is 5.33. The van der Waals surface area contributed by atoms with Crippen molar-refractivity contribution in [3.05, 3.63) is 11.3 Å². The van der Waals surface area contributed by atoms with E-state index >= 15 is 0 Å². The molecule has 26 heavy (non-hydrogen) atoms. The first-order valence-electron chi connectivity index (χ1n) is 9.90. The molecule has 0 atom stereocenters. The summed E-state index contributed by atoms with van der Waals surface area (Å²) >= 11 is 0. The third-order valence-electron chi connectivity index (χ3n) is 6.14. The van der Waals surface area contributed by atoms with E-state index in [9.17, 15) is 4.79 Å². The number of alkyl carbamates (subject to hydrolysis) is 1. The molecule has 4 aliphatic rings. The van der Waals surface area contributed by atoms with Crippen molar-refractivity contribution < 1.29 is 9.53 Å². The highest BCUT2D eigenvalue weighted by atomic mass is 16.6. The van der Waals surface area contributed by atoms with Crippen LogP contribution in [0.3, 0.4) is 0 Å². The van der Waals surface area contributed by atoms with Gasteiger partial charge in [0.1, 0.15) is 5.60 Å². The van der Waals surface area contributed by atoms with Gasteiger partial charge in [-0.15, -0.1) is 0 Å². The Morgan fingerprint density at radius 3 is 2.50 bits per heavy atom. The van der Waals surface area contributed by atoms with E-state index in [1.54, 1.807) is 0 Å². The molecule has 1 amide bonds. The average Bonchev–Trinajstić information content (AvgIpc) is 2.56. The van der Waals surface area contributed by atoms with Crippen molar-refractivity contribution in [2.45, 2.75) is 76.9 Å². The molecule has 3 fully saturated rings. The third kappa shape index (κ3) is 4.58. The number of carbonyl (C=O) groups excluding carboxylic acids is 1. The second-order valence-corrected chi connectivity index (χ2v) is 9.35. The highest BCUT2D eigenvalue weighted by Gasteiger charge is 2.49. The van der Waals surface area contributed by atoms with Crippen LogP contribution >= 0.6 is 0 Å². The van der Waals surface area contributed by atoms with Gasteiger partial charge < -0.3 is 21.1 Å². The van der Waals surface area contributed by atoms with Crippen LogP contribution in [-0.4, -0.2) is 43.1 Å². The number of nitrogens with one attached hydrogen (secondary N) is 2. The van der Waals surface area contributed by atoms with Gasteiger partial charge in [-0.2, -0.15) is 0 Å². The van der Waals surface area contributed by atoms with Gasteiger partial charge >= 0.3 is 6.09 Å². The molecule has 6 heteroatoms. The van der Waals surface area contributed by atoms with Crippen LogP contribution in [0.15, 0.2) is 16.3 Å². The molecule has 146 valence electrons. The molecule has 0 aromatic heterocycles. The molecule has 0 spiro atoms. The van der Waals surface area contributed by atoms with Crippen molar-refractivity contribution in [3.63, 3.8) is 0 Å². The molecule has 2 bridgehead atoms. The highest BCUT2D eigenvalue weighted by molar-refractivity contribution is 5.80. The third-order valence-corrected chi connectivity index (χ3v) is 6.14. The molecule has 4 rings (SSSR count). The van der Waals surface area contributed by atoms with Crippen LogP contribution in [0.25, 0.3) is 0 Å². The first kappa shape index (κ1) is 19.2. The minimum Gasteiger partial charge on any atom is -0.444 e. The van der Waals surface area contributed by atoms with E-state index in [4.69, 9.17) is 15.5 Å². The van der Waals surface area contributed by atoms with Crippen LogP contribution in [0.4, 0.5) is 4.79 Å². The smallest absolute Gasteiger partial charge is 0.408 e. The number of amides is 1. The van der Waals surface area contributed by atoms with Gasteiger partial charge in [0.25, 0.3) is 0 Å². The van der Waals surface area contributed by atoms with E-state index in [-0.39, 0.29) is 11.6 Å². The first-order chi connectivity index (χ1) is 12.2. The zero-order valence-corrected chi connectivity index (χ0v) is 16.5. The van der Waals surface area contributed by atoms with Gasteiger partial charge in [0.05, 0.1) is 0 Å². The average molecular weight is 363 g/mol. The van der Waals surface area contributed by atoms with Gasteiger partial charge in [-0.1, -0.05) is 0 Å². The SMILES string of the molecule is CC(C)(C)OC(=O)NC12CCC(CN=CC3=C(N)CCNC3)(CC1)CC2. The van der Waals surface area contributed by atoms with Crippen LogP contribution in [-0.2, 0) is 4.74 Å². The number of hydrogen-bond donors (Lipinski definition) is 3. The van der Waals surface area contributed by atoms with Gasteiger partial charge in [0.15, 0.2) is 0 Å². The van der Waals surface area contributed by atoms with E-state index in [0.717, 1.165) is 75.9 Å². The summed E-state index contributed by atoms with van der Waals surface area (Å²) in [7, 11) is 0. The lowest BCUT2D eigenvalue weighted by molar-refractivity contribution is 0.00828. The van der Waals surface area contributed by atoms with Gasteiger partial charge in [-0.25, -0.2) is 4.79 Å². The molecule has 0 radical (unpaired) electrons. The molecule has 1 aliphatic heterocycles. The molecular formula is C20H34N4O2. The van der Waals surface area contributed by atoms with Crippen molar-refractivity contribution in [1.29, 1.82) is 0 Å². The Morgan fingerprint density at radius 1 is 1.27 bits per heavy atom. The fourth-order valence-corrected chi connectivity index (χ4v) is 4.41. The summed E-state index contributed by atoms with van der Waals surface area (Å²) in [5, 5.41) is 6.52. The fraction of sp³-hybridized carbons (Fsp3) is 0.800. The number of nitrogens with zero attached hydrogens (tertiary/aromatic N) is 1. The van der Waals surface area contributed by atoms with Crippen LogP contribution < -0.4 is 16.4 Å². The maximum Gasteiger partial charge on any atom is 0.408 e. The molecule has 3 aliphatic carbocycles. The Bertz CT molecular complexity index is 579. The van der Waals surface area contributed by atoms with Gasteiger partial charge in [-0.05, 0) is 71.1 Å². The zero-order chi connectivity index (χ0) is 18.8. The second kappa shape index (κ2) is 7.22. The molecule has 3 saturated carbocycles. The van der Waals surface area contributed by atoms with E-state index in [1.165, 1.54) is 0 Å². The Labute approximate surface area is 157 Å². The number of aliphatic imine (C=N–C) groups is 1. The van der Waals surface area contributed by atoms with E-state index in [2.05, 4.69) is 10.6 Å². The van der Waals surface area contributed by atoms with Crippen molar-refractivity contribution in [2.24, 2.45) is 16.1 Å². The van der Waals surface area contributed by atoms with Gasteiger partial charge in [-0.3, -0.25) is 4.99 Å². The van der Waals surface area contributed by atoms with Crippen molar-refractivity contribution in [3.8, 4) is 0 Å². The summed E-state index contributed by atoms with van der Waals surface area (Å²) in [5.74, 6) is 0. The fourth-order valence-electron chi connectivity index (χ4n) is 4.41. The number of hydrogen-bond acceptors (Lipinski definition) is 5. The molecule has 1 heterocycles. The quantitative estimate of drug-likeness (QED) is 0.671. The molecule has 0 aromatic rings. The summed E-state index contributed by atoms with van der Waals surface area (Å²) in [6.07, 6.45) is 9.03. The number of carbonyl (C=O) groups is 1. The highest BCUT2D eigenvalue weighted by Crippen LogP contribution is 2.52. The number of rotatable bonds is 4. The largest absolute Gasteiger partial charge is 0.444 e. The lowest BCUT2D eigenvalue weighted by Gasteiger charge is -2.53. The van der Waals surface area contributed by atoms with Crippen LogP contribution in [0.5, 0.6) is 0 Å². The predicted octanol–water partition coefficient (Wildman–Crippen LogP) is 2.88.